The molecule has 2 aromatic rings. The predicted molar refractivity (Wildman–Crippen MR) is 99.7 cm³/mol. The van der Waals surface area contributed by atoms with Gasteiger partial charge in [0.15, 0.2) is 0 Å². The summed E-state index contributed by atoms with van der Waals surface area (Å²) >= 11 is 0. The molecule has 26 heavy (non-hydrogen) atoms. The molecule has 1 aliphatic rings. The normalized spacial score (nSPS) is 15.4. The molecule has 1 saturated heterocycles. The van der Waals surface area contributed by atoms with Crippen LogP contribution in [0.3, 0.4) is 0 Å². The van der Waals surface area contributed by atoms with Crippen molar-refractivity contribution in [2.24, 2.45) is 0 Å². The maximum atomic E-state index is 12.6. The molecular weight excluding hydrogens is 334 g/mol. The van der Waals surface area contributed by atoms with Gasteiger partial charge in [-0.2, -0.15) is 0 Å². The quantitative estimate of drug-likeness (QED) is 0.796. The van der Waals surface area contributed by atoms with Gasteiger partial charge in [0.1, 0.15) is 18.0 Å². The van der Waals surface area contributed by atoms with Gasteiger partial charge in [0.05, 0.1) is 12.7 Å². The molecular formula is C20H27NO5. The smallest absolute Gasteiger partial charge is 0.338 e. The first-order chi connectivity index (χ1) is 12.6. The van der Waals surface area contributed by atoms with E-state index in [9.17, 15) is 9.90 Å². The number of fused-ring (bicyclic) bond motifs is 1. The van der Waals surface area contributed by atoms with Crippen LogP contribution in [-0.2, 0) is 22.5 Å². The highest BCUT2D eigenvalue weighted by Gasteiger charge is 2.27. The summed E-state index contributed by atoms with van der Waals surface area (Å²) in [4.78, 5) is 14.9. The lowest BCUT2D eigenvalue weighted by Crippen LogP contribution is -2.40. The number of furan rings is 1. The van der Waals surface area contributed by atoms with Crippen LogP contribution >= 0.6 is 0 Å². The number of nitrogens with zero attached hydrogens (tertiary/aromatic N) is 1. The minimum Gasteiger partial charge on any atom is -0.465 e. The number of ether oxygens (including phenoxy) is 2. The maximum Gasteiger partial charge on any atom is 0.338 e. The van der Waals surface area contributed by atoms with Crippen LogP contribution in [0.15, 0.2) is 16.5 Å². The van der Waals surface area contributed by atoms with Gasteiger partial charge in [0.2, 0.25) is 0 Å². The molecule has 6 heteroatoms. The fraction of sp³-hybridized carbons (Fsp3) is 0.550. The Kier molecular flexibility index (Phi) is 5.84. The van der Waals surface area contributed by atoms with Gasteiger partial charge >= 0.3 is 5.97 Å². The summed E-state index contributed by atoms with van der Waals surface area (Å²) in [6.45, 7) is 6.30. The van der Waals surface area contributed by atoms with E-state index in [4.69, 9.17) is 13.9 Å². The second-order valence-electron chi connectivity index (χ2n) is 6.51. The second-order valence-corrected chi connectivity index (χ2v) is 6.51. The summed E-state index contributed by atoms with van der Waals surface area (Å²) in [6, 6.07) is 4.10. The molecule has 2 heterocycles. The SMILES string of the molecule is CCc1c(N(CC)C2CCOCC2)cc2oc(CO)cc2c1C(=O)OC. The summed E-state index contributed by atoms with van der Waals surface area (Å²) < 4.78 is 16.3. The average molecular weight is 361 g/mol. The average Bonchev–Trinajstić information content (AvgIpc) is 3.10. The molecule has 0 saturated carbocycles. The van der Waals surface area contributed by atoms with Crippen LogP contribution in [0.25, 0.3) is 11.0 Å². The summed E-state index contributed by atoms with van der Waals surface area (Å²) in [5.74, 6) is 0.0699. The van der Waals surface area contributed by atoms with Gasteiger partial charge in [-0.25, -0.2) is 4.79 Å². The van der Waals surface area contributed by atoms with E-state index in [-0.39, 0.29) is 12.6 Å². The molecule has 1 N–H and O–H groups in total. The first kappa shape index (κ1) is 18.7. The zero-order valence-electron chi connectivity index (χ0n) is 15.7. The zero-order chi connectivity index (χ0) is 18.7. The molecule has 1 aromatic heterocycles. The van der Waals surface area contributed by atoms with Gasteiger partial charge in [-0.05, 0) is 37.8 Å². The fourth-order valence-corrected chi connectivity index (χ4v) is 3.91. The first-order valence-corrected chi connectivity index (χ1v) is 9.26. The van der Waals surface area contributed by atoms with E-state index in [0.29, 0.717) is 34.8 Å². The maximum absolute atomic E-state index is 12.6. The number of carbonyl (C=O) groups excluding carboxylic acids is 1. The van der Waals surface area contributed by atoms with Gasteiger partial charge in [0.25, 0.3) is 0 Å². The lowest BCUT2D eigenvalue weighted by molar-refractivity contribution is 0.0601. The van der Waals surface area contributed by atoms with Gasteiger partial charge in [-0.3, -0.25) is 0 Å². The molecule has 0 amide bonds. The molecule has 1 aromatic carbocycles. The number of hydrogen-bond donors (Lipinski definition) is 1. The lowest BCUT2D eigenvalue weighted by atomic mass is 9.96. The van der Waals surface area contributed by atoms with Crippen molar-refractivity contribution in [3.8, 4) is 0 Å². The topological polar surface area (TPSA) is 72.1 Å². The molecule has 1 fully saturated rings. The Bertz CT molecular complexity index is 776. The van der Waals surface area contributed by atoms with Crippen molar-refractivity contribution in [3.05, 3.63) is 29.0 Å². The van der Waals surface area contributed by atoms with Crippen molar-refractivity contribution < 1.29 is 23.8 Å². The Morgan fingerprint density at radius 2 is 2.04 bits per heavy atom. The molecule has 0 spiro atoms. The van der Waals surface area contributed by atoms with Crippen molar-refractivity contribution in [2.45, 2.75) is 45.8 Å². The third kappa shape index (κ3) is 3.31. The Labute approximate surface area is 153 Å². The van der Waals surface area contributed by atoms with Gasteiger partial charge in [-0.15, -0.1) is 0 Å². The Balaban J connectivity index is 2.21. The van der Waals surface area contributed by atoms with E-state index in [2.05, 4.69) is 11.8 Å². The van der Waals surface area contributed by atoms with E-state index >= 15 is 0 Å². The van der Waals surface area contributed by atoms with Crippen LogP contribution in [0, 0.1) is 0 Å². The van der Waals surface area contributed by atoms with Crippen LogP contribution in [0.1, 0.15) is 48.4 Å². The molecule has 142 valence electrons. The highest BCUT2D eigenvalue weighted by Crippen LogP contribution is 2.36. The lowest BCUT2D eigenvalue weighted by Gasteiger charge is -2.36. The highest BCUT2D eigenvalue weighted by molar-refractivity contribution is 6.07. The van der Waals surface area contributed by atoms with Crippen LogP contribution < -0.4 is 4.90 Å². The monoisotopic (exact) mass is 361 g/mol. The van der Waals surface area contributed by atoms with E-state index in [1.54, 1.807) is 6.07 Å². The van der Waals surface area contributed by atoms with Crippen molar-refractivity contribution in [3.63, 3.8) is 0 Å². The molecule has 0 unspecified atom stereocenters. The third-order valence-electron chi connectivity index (χ3n) is 5.14. The fourth-order valence-electron chi connectivity index (χ4n) is 3.91. The molecule has 0 atom stereocenters. The minimum absolute atomic E-state index is 0.205. The van der Waals surface area contributed by atoms with Crippen molar-refractivity contribution in [1.29, 1.82) is 0 Å². The van der Waals surface area contributed by atoms with Crippen molar-refractivity contribution in [2.75, 3.05) is 31.8 Å². The van der Waals surface area contributed by atoms with Crippen LogP contribution in [0.2, 0.25) is 0 Å². The number of hydrogen-bond acceptors (Lipinski definition) is 6. The molecule has 0 radical (unpaired) electrons. The van der Waals surface area contributed by atoms with Crippen LogP contribution in [0.4, 0.5) is 5.69 Å². The molecule has 6 nitrogen and oxygen atoms in total. The van der Waals surface area contributed by atoms with Gasteiger partial charge in [0, 0.05) is 42.9 Å². The molecule has 3 rings (SSSR count). The summed E-state index contributed by atoms with van der Waals surface area (Å²) in [5.41, 5.74) is 3.11. The largest absolute Gasteiger partial charge is 0.465 e. The van der Waals surface area contributed by atoms with Crippen LogP contribution in [0.5, 0.6) is 0 Å². The molecule has 0 aliphatic carbocycles. The second kappa shape index (κ2) is 8.10. The Morgan fingerprint density at radius 1 is 1.31 bits per heavy atom. The zero-order valence-corrected chi connectivity index (χ0v) is 15.7. The number of esters is 1. The summed E-state index contributed by atoms with van der Waals surface area (Å²) in [6.07, 6.45) is 2.63. The molecule has 1 aliphatic heterocycles. The Hall–Kier alpha value is -2.05. The van der Waals surface area contributed by atoms with Gasteiger partial charge < -0.3 is 23.9 Å². The summed E-state index contributed by atoms with van der Waals surface area (Å²) in [5, 5.41) is 10.1. The van der Waals surface area contributed by atoms with E-state index in [1.807, 2.05) is 13.0 Å². The van der Waals surface area contributed by atoms with E-state index in [1.165, 1.54) is 7.11 Å². The standard InChI is InChI=1S/C20H27NO5/c1-4-15-17(21(5-2)13-6-8-25-9-7-13)11-18-16(10-14(12-22)26-18)19(15)20(23)24-3/h10-11,13,22H,4-9,12H2,1-3H3. The predicted octanol–water partition coefficient (Wildman–Crippen LogP) is 3.28. The highest BCUT2D eigenvalue weighted by atomic mass is 16.5. The number of carbonyl (C=O) groups is 1. The number of methoxy groups -OCH3 is 1. The van der Waals surface area contributed by atoms with Crippen molar-refractivity contribution in [1.82, 2.24) is 0 Å². The first-order valence-electron chi connectivity index (χ1n) is 9.26. The number of aliphatic hydroxyl groups excluding tert-OH is 1. The number of anilines is 1. The summed E-state index contributed by atoms with van der Waals surface area (Å²) in [7, 11) is 1.39. The molecule has 0 bridgehead atoms. The van der Waals surface area contributed by atoms with Crippen LogP contribution in [-0.4, -0.2) is 44.0 Å². The Morgan fingerprint density at radius 3 is 2.62 bits per heavy atom. The third-order valence-corrected chi connectivity index (χ3v) is 5.14. The number of rotatable bonds is 6. The van der Waals surface area contributed by atoms with Crippen molar-refractivity contribution >= 4 is 22.6 Å². The van der Waals surface area contributed by atoms with E-state index in [0.717, 1.165) is 43.9 Å². The number of aliphatic hydroxyl groups is 1. The number of benzene rings is 1. The minimum atomic E-state index is -0.373. The van der Waals surface area contributed by atoms with Gasteiger partial charge in [-0.1, -0.05) is 6.92 Å². The van der Waals surface area contributed by atoms with E-state index < -0.39 is 0 Å².